The predicted octanol–water partition coefficient (Wildman–Crippen LogP) is 2.38. The normalized spacial score (nSPS) is 18.0. The van der Waals surface area contributed by atoms with Gasteiger partial charge in [-0.1, -0.05) is 25.8 Å². The lowest BCUT2D eigenvalue weighted by atomic mass is 9.93. The van der Waals surface area contributed by atoms with Gasteiger partial charge >= 0.3 is 0 Å². The molecule has 0 unspecified atom stereocenters. The predicted molar refractivity (Wildman–Crippen MR) is 105 cm³/mol. The number of hydrogen-bond acceptors (Lipinski definition) is 6. The second-order valence-corrected chi connectivity index (χ2v) is 6.92. The molecular formula is C19H23N7O. The van der Waals surface area contributed by atoms with Crippen molar-refractivity contribution >= 4 is 23.2 Å². The molecule has 1 fully saturated rings. The standard InChI is InChI=1S/C19H23N7O/c1-12-15(8-5-9-25(12)13-6-3-2-4-7-13)23-17-10-16(20)26-19(24-17)14(11-22-26)18(21)27/h5,8-11,13H,1-4,6-7,20H2,(H2,21,27)(H,23,24). The van der Waals surface area contributed by atoms with Gasteiger partial charge in [-0.05, 0) is 25.0 Å². The molecule has 5 N–H and O–H groups in total. The molecule has 4 rings (SSSR count). The first-order chi connectivity index (χ1) is 13.0. The molecule has 2 aromatic rings. The smallest absolute Gasteiger partial charge is 0.254 e. The number of nitrogens with two attached hydrogens (primary N) is 2. The van der Waals surface area contributed by atoms with E-state index in [2.05, 4.69) is 33.1 Å². The van der Waals surface area contributed by atoms with E-state index in [1.54, 1.807) is 6.07 Å². The Labute approximate surface area is 157 Å². The van der Waals surface area contributed by atoms with Gasteiger partial charge in [0.15, 0.2) is 5.65 Å². The third-order valence-corrected chi connectivity index (χ3v) is 5.13. The van der Waals surface area contributed by atoms with Crippen molar-refractivity contribution in [1.82, 2.24) is 19.5 Å². The number of amides is 1. The van der Waals surface area contributed by atoms with E-state index in [-0.39, 0.29) is 5.56 Å². The Bertz CT molecular complexity index is 966. The number of fused-ring (bicyclic) bond motifs is 1. The fourth-order valence-corrected chi connectivity index (χ4v) is 3.73. The highest BCUT2D eigenvalue weighted by Crippen LogP contribution is 2.30. The number of aromatic nitrogens is 3. The van der Waals surface area contributed by atoms with E-state index in [0.29, 0.717) is 23.3 Å². The molecule has 1 aliphatic heterocycles. The van der Waals surface area contributed by atoms with Crippen molar-refractivity contribution in [3.05, 3.63) is 54.2 Å². The SMILES string of the molecule is C=C1C(Nc2cc(N)n3ncc(C(N)=O)c3n2)=CC=CN1C1CCCCC1. The molecule has 0 spiro atoms. The maximum Gasteiger partial charge on any atom is 0.254 e. The number of allylic oxidation sites excluding steroid dienone is 2. The van der Waals surface area contributed by atoms with E-state index in [1.807, 2.05) is 12.2 Å². The monoisotopic (exact) mass is 365 g/mol. The van der Waals surface area contributed by atoms with Crippen molar-refractivity contribution in [2.45, 2.75) is 38.1 Å². The van der Waals surface area contributed by atoms with Crippen LogP contribution in [0.2, 0.25) is 0 Å². The van der Waals surface area contributed by atoms with Gasteiger partial charge in [-0.25, -0.2) is 4.98 Å². The van der Waals surface area contributed by atoms with Gasteiger partial charge in [0.25, 0.3) is 5.91 Å². The Morgan fingerprint density at radius 3 is 2.81 bits per heavy atom. The average molecular weight is 365 g/mol. The molecule has 1 amide bonds. The van der Waals surface area contributed by atoms with Gasteiger partial charge < -0.3 is 21.7 Å². The van der Waals surface area contributed by atoms with E-state index in [0.717, 1.165) is 11.4 Å². The van der Waals surface area contributed by atoms with Crippen molar-refractivity contribution < 1.29 is 4.79 Å². The van der Waals surface area contributed by atoms with Crippen molar-refractivity contribution in [2.75, 3.05) is 11.1 Å². The van der Waals surface area contributed by atoms with Crippen LogP contribution < -0.4 is 16.8 Å². The van der Waals surface area contributed by atoms with Crippen LogP contribution in [0.25, 0.3) is 5.65 Å². The van der Waals surface area contributed by atoms with Gasteiger partial charge in [0, 0.05) is 18.3 Å². The zero-order valence-corrected chi connectivity index (χ0v) is 15.1. The van der Waals surface area contributed by atoms with Gasteiger partial charge in [-0.15, -0.1) is 0 Å². The minimum Gasteiger partial charge on any atom is -0.383 e. The second kappa shape index (κ2) is 6.79. The van der Waals surface area contributed by atoms with Gasteiger partial charge in [0.05, 0.1) is 17.6 Å². The highest BCUT2D eigenvalue weighted by molar-refractivity contribution is 5.98. The molecule has 2 aliphatic rings. The van der Waals surface area contributed by atoms with Gasteiger partial charge in [-0.3, -0.25) is 4.79 Å². The number of hydrogen-bond donors (Lipinski definition) is 3. The molecule has 0 saturated heterocycles. The van der Waals surface area contributed by atoms with Crippen LogP contribution in [0.15, 0.2) is 48.6 Å². The molecule has 1 saturated carbocycles. The Kier molecular flexibility index (Phi) is 4.31. The fraction of sp³-hybridized carbons (Fsp3) is 0.316. The van der Waals surface area contributed by atoms with E-state index >= 15 is 0 Å². The molecule has 8 nitrogen and oxygen atoms in total. The largest absolute Gasteiger partial charge is 0.383 e. The summed E-state index contributed by atoms with van der Waals surface area (Å²) in [5.74, 6) is 0.271. The Morgan fingerprint density at radius 1 is 1.30 bits per heavy atom. The van der Waals surface area contributed by atoms with Gasteiger partial charge in [-0.2, -0.15) is 9.61 Å². The molecule has 140 valence electrons. The fourth-order valence-electron chi connectivity index (χ4n) is 3.73. The van der Waals surface area contributed by atoms with Crippen molar-refractivity contribution in [3.8, 4) is 0 Å². The lowest BCUT2D eigenvalue weighted by molar-refractivity contribution is 0.100. The second-order valence-electron chi connectivity index (χ2n) is 6.92. The molecule has 0 radical (unpaired) electrons. The lowest BCUT2D eigenvalue weighted by Gasteiger charge is -2.37. The van der Waals surface area contributed by atoms with Crippen LogP contribution in [0.5, 0.6) is 0 Å². The summed E-state index contributed by atoms with van der Waals surface area (Å²) in [5, 5.41) is 7.34. The maximum absolute atomic E-state index is 11.6. The van der Waals surface area contributed by atoms with Crippen molar-refractivity contribution in [1.29, 1.82) is 0 Å². The molecule has 8 heteroatoms. The summed E-state index contributed by atoms with van der Waals surface area (Å²) in [6.07, 6.45) is 13.6. The van der Waals surface area contributed by atoms with Crippen LogP contribution in [-0.2, 0) is 0 Å². The molecular weight excluding hydrogens is 342 g/mol. The molecule has 0 bridgehead atoms. The first-order valence-electron chi connectivity index (χ1n) is 9.12. The van der Waals surface area contributed by atoms with Crippen molar-refractivity contribution in [2.24, 2.45) is 5.73 Å². The summed E-state index contributed by atoms with van der Waals surface area (Å²) in [4.78, 5) is 18.3. The Hall–Kier alpha value is -3.29. The Balaban J connectivity index is 1.60. The number of nitrogen functional groups attached to an aromatic ring is 1. The lowest BCUT2D eigenvalue weighted by Crippen LogP contribution is -2.34. The van der Waals surface area contributed by atoms with Gasteiger partial charge in [0.2, 0.25) is 0 Å². The van der Waals surface area contributed by atoms with Crippen LogP contribution in [0.4, 0.5) is 11.6 Å². The number of rotatable bonds is 4. The first kappa shape index (κ1) is 17.1. The maximum atomic E-state index is 11.6. The quantitative estimate of drug-likeness (QED) is 0.766. The van der Waals surface area contributed by atoms with Crippen LogP contribution in [0.3, 0.4) is 0 Å². The number of nitrogens with one attached hydrogen (secondary N) is 1. The third kappa shape index (κ3) is 3.14. The number of anilines is 2. The summed E-state index contributed by atoms with van der Waals surface area (Å²) in [6, 6.07) is 2.15. The van der Waals surface area contributed by atoms with E-state index < -0.39 is 5.91 Å². The van der Waals surface area contributed by atoms with Crippen LogP contribution in [-0.4, -0.2) is 31.4 Å². The van der Waals surface area contributed by atoms with Crippen molar-refractivity contribution in [3.63, 3.8) is 0 Å². The van der Waals surface area contributed by atoms with Gasteiger partial charge in [0.1, 0.15) is 17.2 Å². The molecule has 27 heavy (non-hydrogen) atoms. The summed E-state index contributed by atoms with van der Waals surface area (Å²) < 4.78 is 1.39. The minimum absolute atomic E-state index is 0.227. The molecule has 0 aromatic carbocycles. The van der Waals surface area contributed by atoms with Crippen LogP contribution in [0, 0.1) is 0 Å². The number of carbonyl (C=O) groups excluding carboxylic acids is 1. The summed E-state index contributed by atoms with van der Waals surface area (Å²) >= 11 is 0. The molecule has 2 aromatic heterocycles. The average Bonchev–Trinajstić information content (AvgIpc) is 3.09. The topological polar surface area (TPSA) is 115 Å². The molecule has 3 heterocycles. The third-order valence-electron chi connectivity index (χ3n) is 5.13. The summed E-state index contributed by atoms with van der Waals surface area (Å²) in [5.41, 5.74) is 13.7. The van der Waals surface area contributed by atoms with E-state index in [1.165, 1.54) is 42.8 Å². The zero-order chi connectivity index (χ0) is 19.0. The van der Waals surface area contributed by atoms with Crippen LogP contribution >= 0.6 is 0 Å². The number of nitrogens with zero attached hydrogens (tertiary/aromatic N) is 4. The Morgan fingerprint density at radius 2 is 2.07 bits per heavy atom. The minimum atomic E-state index is -0.596. The highest BCUT2D eigenvalue weighted by atomic mass is 16.1. The first-order valence-corrected chi connectivity index (χ1v) is 9.12. The summed E-state index contributed by atoms with van der Waals surface area (Å²) in [6.45, 7) is 4.26. The molecule has 1 aliphatic carbocycles. The number of carbonyl (C=O) groups is 1. The molecule has 0 atom stereocenters. The number of primary amides is 1. The zero-order valence-electron chi connectivity index (χ0n) is 15.1. The van der Waals surface area contributed by atoms with E-state index in [9.17, 15) is 4.79 Å². The highest BCUT2D eigenvalue weighted by Gasteiger charge is 2.24. The van der Waals surface area contributed by atoms with E-state index in [4.69, 9.17) is 11.5 Å². The van der Waals surface area contributed by atoms with Crippen LogP contribution in [0.1, 0.15) is 42.5 Å². The summed E-state index contributed by atoms with van der Waals surface area (Å²) in [7, 11) is 0.